The molecule has 4 heterocycles. The van der Waals surface area contributed by atoms with E-state index in [0.29, 0.717) is 29.3 Å². The predicted octanol–water partition coefficient (Wildman–Crippen LogP) is 3.75. The Morgan fingerprint density at radius 1 is 1.13 bits per heavy atom. The third kappa shape index (κ3) is 5.66. The lowest BCUT2D eigenvalue weighted by Gasteiger charge is -2.10. The third-order valence-electron chi connectivity index (χ3n) is 5.83. The van der Waals surface area contributed by atoms with Crippen LogP contribution in [0.5, 0.6) is 5.75 Å². The van der Waals surface area contributed by atoms with E-state index >= 15 is 0 Å². The van der Waals surface area contributed by atoms with E-state index in [1.807, 2.05) is 68.8 Å². The highest BCUT2D eigenvalue weighted by Crippen LogP contribution is 2.28. The molecule has 1 unspecified atom stereocenters. The van der Waals surface area contributed by atoms with Crippen molar-refractivity contribution in [3.05, 3.63) is 83.7 Å². The molecular formula is C28H32N6O4. The number of hydrogen-bond acceptors (Lipinski definition) is 7. The van der Waals surface area contributed by atoms with Gasteiger partial charge in [0, 0.05) is 23.3 Å². The number of amides is 1. The van der Waals surface area contributed by atoms with Gasteiger partial charge in [-0.3, -0.25) is 18.9 Å². The molecular weight excluding hydrogens is 484 g/mol. The molecule has 1 atom stereocenters. The summed E-state index contributed by atoms with van der Waals surface area (Å²) in [6.07, 6.45) is 2.21. The van der Waals surface area contributed by atoms with Crippen molar-refractivity contribution in [3.8, 4) is 5.75 Å². The van der Waals surface area contributed by atoms with Gasteiger partial charge in [0.15, 0.2) is 0 Å². The average Bonchev–Trinajstić information content (AvgIpc) is 3.49. The fraction of sp³-hybridized carbons (Fsp3) is 0.286. The van der Waals surface area contributed by atoms with E-state index in [1.54, 1.807) is 22.7 Å². The van der Waals surface area contributed by atoms with Gasteiger partial charge in [-0.1, -0.05) is 26.0 Å². The molecule has 0 bridgehead atoms. The third-order valence-corrected chi connectivity index (χ3v) is 5.83. The molecule has 0 saturated carbocycles. The number of rotatable bonds is 8. The summed E-state index contributed by atoms with van der Waals surface area (Å²) in [5.74, 6) is 0.162. The van der Waals surface area contributed by atoms with Gasteiger partial charge in [0.25, 0.3) is 5.91 Å². The van der Waals surface area contributed by atoms with Crippen LogP contribution in [0.3, 0.4) is 0 Å². The fourth-order valence-corrected chi connectivity index (χ4v) is 4.14. The van der Waals surface area contributed by atoms with E-state index in [0.717, 1.165) is 28.0 Å². The Morgan fingerprint density at radius 3 is 2.68 bits per heavy atom. The number of imidazole rings is 1. The Balaban J connectivity index is 0.00000164. The SMILES string of the molecule is CC.Cc1cccc(Cn2nc(C)c3c(NC(=O)c4cnc5cc(OCC(O)CO)ccn45)cccc32)n1. The van der Waals surface area contributed by atoms with Gasteiger partial charge in [-0.15, -0.1) is 0 Å². The largest absolute Gasteiger partial charge is 0.491 e. The lowest BCUT2D eigenvalue weighted by molar-refractivity contribution is 0.0536. The van der Waals surface area contributed by atoms with Gasteiger partial charge in [0.1, 0.15) is 29.8 Å². The van der Waals surface area contributed by atoms with Crippen LogP contribution in [-0.2, 0) is 6.54 Å². The summed E-state index contributed by atoms with van der Waals surface area (Å²) in [7, 11) is 0. The summed E-state index contributed by atoms with van der Waals surface area (Å²) in [5.41, 5.74) is 5.10. The number of carbonyl (C=O) groups is 1. The number of hydrogen-bond donors (Lipinski definition) is 3. The summed E-state index contributed by atoms with van der Waals surface area (Å²) < 4.78 is 9.02. The van der Waals surface area contributed by atoms with E-state index in [1.165, 1.54) is 6.20 Å². The van der Waals surface area contributed by atoms with Crippen LogP contribution in [0, 0.1) is 13.8 Å². The van der Waals surface area contributed by atoms with Crippen molar-refractivity contribution in [2.24, 2.45) is 0 Å². The zero-order valence-electron chi connectivity index (χ0n) is 21.9. The minimum Gasteiger partial charge on any atom is -0.491 e. The number of nitrogens with one attached hydrogen (secondary N) is 1. The van der Waals surface area contributed by atoms with Crippen molar-refractivity contribution in [2.75, 3.05) is 18.5 Å². The molecule has 3 N–H and O–H groups in total. The fourth-order valence-electron chi connectivity index (χ4n) is 4.14. The summed E-state index contributed by atoms with van der Waals surface area (Å²) in [5, 5.41) is 27.0. The van der Waals surface area contributed by atoms with Crippen molar-refractivity contribution < 1.29 is 19.7 Å². The molecule has 0 saturated heterocycles. The monoisotopic (exact) mass is 516 g/mol. The van der Waals surface area contributed by atoms with Gasteiger partial charge < -0.3 is 20.3 Å². The summed E-state index contributed by atoms with van der Waals surface area (Å²) in [6.45, 7) is 7.97. The van der Waals surface area contributed by atoms with Crippen LogP contribution in [-0.4, -0.2) is 59.6 Å². The molecule has 0 aliphatic carbocycles. The van der Waals surface area contributed by atoms with Crippen LogP contribution in [0.25, 0.3) is 16.6 Å². The van der Waals surface area contributed by atoms with Crippen LogP contribution in [0.4, 0.5) is 5.69 Å². The number of nitrogens with zero attached hydrogens (tertiary/aromatic N) is 5. The summed E-state index contributed by atoms with van der Waals surface area (Å²) in [6, 6.07) is 15.0. The molecule has 38 heavy (non-hydrogen) atoms. The summed E-state index contributed by atoms with van der Waals surface area (Å²) >= 11 is 0. The lowest BCUT2D eigenvalue weighted by Crippen LogP contribution is -2.21. The molecule has 10 nitrogen and oxygen atoms in total. The quantitative estimate of drug-likeness (QED) is 0.287. The first-order chi connectivity index (χ1) is 18.4. The Morgan fingerprint density at radius 2 is 1.92 bits per heavy atom. The second kappa shape index (κ2) is 11.8. The minimum atomic E-state index is -0.967. The standard InChI is InChI=1S/C26H26N6O4.C2H6/c1-16-5-3-6-18(28-16)13-32-22-8-4-7-21(25(22)17(2)30-32)29-26(35)23-12-27-24-11-20(9-10-31(23)24)36-15-19(34)14-33;1-2/h3-12,19,33-34H,13-15H2,1-2H3,(H,29,35);1-2H3. The van der Waals surface area contributed by atoms with Gasteiger partial charge in [0.2, 0.25) is 0 Å². The Labute approximate surface area is 220 Å². The number of benzene rings is 1. The minimum absolute atomic E-state index is 0.0439. The summed E-state index contributed by atoms with van der Waals surface area (Å²) in [4.78, 5) is 22.1. The zero-order chi connectivity index (χ0) is 27.2. The Bertz CT molecular complexity index is 1560. The Hall–Kier alpha value is -4.28. The molecule has 0 aliphatic rings. The first-order valence-electron chi connectivity index (χ1n) is 12.5. The number of anilines is 1. The van der Waals surface area contributed by atoms with Crippen LogP contribution in [0.2, 0.25) is 0 Å². The highest BCUT2D eigenvalue weighted by Gasteiger charge is 2.17. The van der Waals surface area contributed by atoms with Crippen molar-refractivity contribution >= 4 is 28.1 Å². The van der Waals surface area contributed by atoms with Crippen molar-refractivity contribution in [1.29, 1.82) is 0 Å². The smallest absolute Gasteiger partial charge is 0.274 e. The van der Waals surface area contributed by atoms with E-state index in [4.69, 9.17) is 14.9 Å². The topological polar surface area (TPSA) is 127 Å². The molecule has 5 aromatic rings. The molecule has 1 aromatic carbocycles. The highest BCUT2D eigenvalue weighted by atomic mass is 16.5. The molecule has 0 aliphatic heterocycles. The number of aryl methyl sites for hydroxylation is 2. The molecule has 4 aromatic heterocycles. The number of aromatic nitrogens is 5. The van der Waals surface area contributed by atoms with Crippen LogP contribution >= 0.6 is 0 Å². The lowest BCUT2D eigenvalue weighted by atomic mass is 10.1. The number of aliphatic hydroxyl groups excluding tert-OH is 2. The normalized spacial score (nSPS) is 11.7. The first-order valence-corrected chi connectivity index (χ1v) is 12.5. The maximum Gasteiger partial charge on any atom is 0.274 e. The number of fused-ring (bicyclic) bond motifs is 2. The second-order valence-corrected chi connectivity index (χ2v) is 8.55. The van der Waals surface area contributed by atoms with E-state index in [9.17, 15) is 9.90 Å². The number of carbonyl (C=O) groups excluding carboxylic acids is 1. The molecule has 0 fully saturated rings. The van der Waals surface area contributed by atoms with Gasteiger partial charge in [-0.05, 0) is 44.2 Å². The van der Waals surface area contributed by atoms with Gasteiger partial charge >= 0.3 is 0 Å². The van der Waals surface area contributed by atoms with E-state index in [2.05, 4.69) is 15.3 Å². The second-order valence-electron chi connectivity index (χ2n) is 8.55. The van der Waals surface area contributed by atoms with Crippen molar-refractivity contribution in [3.63, 3.8) is 0 Å². The molecule has 10 heteroatoms. The van der Waals surface area contributed by atoms with E-state index < -0.39 is 6.10 Å². The van der Waals surface area contributed by atoms with Gasteiger partial charge in [-0.2, -0.15) is 5.10 Å². The van der Waals surface area contributed by atoms with E-state index in [-0.39, 0.29) is 19.1 Å². The number of pyridine rings is 2. The van der Waals surface area contributed by atoms with Crippen molar-refractivity contribution in [2.45, 2.75) is 40.3 Å². The average molecular weight is 517 g/mol. The molecule has 0 spiro atoms. The number of ether oxygens (including phenoxy) is 1. The molecule has 198 valence electrons. The maximum absolute atomic E-state index is 13.2. The molecule has 5 rings (SSSR count). The first kappa shape index (κ1) is 26.8. The maximum atomic E-state index is 13.2. The zero-order valence-corrected chi connectivity index (χ0v) is 21.9. The predicted molar refractivity (Wildman–Crippen MR) is 146 cm³/mol. The number of aliphatic hydroxyl groups is 2. The van der Waals surface area contributed by atoms with Crippen LogP contribution in [0.1, 0.15) is 41.4 Å². The molecule has 1 amide bonds. The highest BCUT2D eigenvalue weighted by molar-refractivity contribution is 6.08. The molecule has 0 radical (unpaired) electrons. The van der Waals surface area contributed by atoms with Crippen molar-refractivity contribution in [1.82, 2.24) is 24.1 Å². The van der Waals surface area contributed by atoms with Crippen LogP contribution < -0.4 is 10.1 Å². The van der Waals surface area contributed by atoms with Gasteiger partial charge in [0.05, 0.1) is 41.9 Å². The van der Waals surface area contributed by atoms with Gasteiger partial charge in [-0.25, -0.2) is 4.98 Å². The van der Waals surface area contributed by atoms with Crippen LogP contribution in [0.15, 0.2) is 60.9 Å². The Kier molecular flexibility index (Phi) is 8.35.